The van der Waals surface area contributed by atoms with Gasteiger partial charge in [0.25, 0.3) is 0 Å². The molecule has 0 radical (unpaired) electrons. The Kier molecular flexibility index (Phi) is 13.2. The van der Waals surface area contributed by atoms with Crippen molar-refractivity contribution >= 4 is 33.2 Å². The van der Waals surface area contributed by atoms with E-state index in [0.29, 0.717) is 18.5 Å². The number of fused-ring (bicyclic) bond motifs is 3. The van der Waals surface area contributed by atoms with Gasteiger partial charge in [-0.1, -0.05) is 200 Å². The number of hydrogen-bond donors (Lipinski definition) is 0. The fraction of sp³-hybridized carbons (Fsp3) is 0.300. The number of hydrogen-bond acceptors (Lipinski definition) is 4. The van der Waals surface area contributed by atoms with E-state index in [-0.39, 0.29) is 21.7 Å². The highest BCUT2D eigenvalue weighted by Crippen LogP contribution is 2.47. The molecule has 2 aromatic heterocycles. The zero-order valence-corrected chi connectivity index (χ0v) is 46.9. The summed E-state index contributed by atoms with van der Waals surface area (Å²) in [6.45, 7) is 33.1. The summed E-state index contributed by atoms with van der Waals surface area (Å²) >= 11 is 0. The Morgan fingerprint density at radius 1 is 0.467 bits per heavy atom. The maximum Gasteiger partial charge on any atom is 0.137 e. The monoisotopic (exact) mass is 989 g/mol. The van der Waals surface area contributed by atoms with Gasteiger partial charge in [-0.05, 0) is 122 Å². The Hall–Kier alpha value is -7.37. The highest BCUT2D eigenvalue weighted by Gasteiger charge is 2.35. The van der Waals surface area contributed by atoms with Crippen LogP contribution < -0.4 is 14.5 Å². The standard InChI is InChI=1S/C70H76N4O/c1-46(2)58-29-23-30-59(47(3)4)66(58)48-36-54(42-57(37-48)75-56-32-33-61-60-28-21-22-31-62(60)74(63(61)43-56)65-41-51(34-35-71-65)67(5,6)7)72-44-64(68(8,9)10)73(45-72)55-39-52(69(11,12)49-24-17-15-18-25-49)38-53(40-55)70(13,14)50-26-19-16-20-27-50/h15-44,46-47H,45H2,1-14H3. The summed E-state index contributed by atoms with van der Waals surface area (Å²) in [6.07, 6.45) is 4.33. The predicted molar refractivity (Wildman–Crippen MR) is 318 cm³/mol. The van der Waals surface area contributed by atoms with Crippen molar-refractivity contribution in [3.8, 4) is 28.4 Å². The molecular formula is C70H76N4O. The van der Waals surface area contributed by atoms with Crippen molar-refractivity contribution in [1.82, 2.24) is 9.55 Å². The molecule has 0 N–H and O–H groups in total. The molecule has 3 heterocycles. The van der Waals surface area contributed by atoms with Crippen LogP contribution in [0.3, 0.4) is 0 Å². The van der Waals surface area contributed by atoms with Crippen LogP contribution in [0.5, 0.6) is 11.5 Å². The number of ether oxygens (including phenoxy) is 1. The molecule has 1 aliphatic heterocycles. The molecule has 9 aromatic rings. The molecule has 10 rings (SSSR count). The second-order valence-corrected chi connectivity index (χ2v) is 24.7. The Balaban J connectivity index is 1.13. The van der Waals surface area contributed by atoms with Crippen molar-refractivity contribution in [2.75, 3.05) is 16.5 Å². The van der Waals surface area contributed by atoms with Crippen LogP contribution in [0.25, 0.3) is 38.8 Å². The zero-order valence-electron chi connectivity index (χ0n) is 46.9. The molecule has 0 atom stereocenters. The first kappa shape index (κ1) is 51.1. The lowest BCUT2D eigenvalue weighted by atomic mass is 9.73. The van der Waals surface area contributed by atoms with E-state index >= 15 is 0 Å². The molecule has 0 saturated heterocycles. The Morgan fingerprint density at radius 2 is 1.05 bits per heavy atom. The van der Waals surface area contributed by atoms with Gasteiger partial charge >= 0.3 is 0 Å². The second-order valence-electron chi connectivity index (χ2n) is 24.7. The van der Waals surface area contributed by atoms with Crippen molar-refractivity contribution in [3.63, 3.8) is 0 Å². The van der Waals surface area contributed by atoms with Crippen LogP contribution in [0.1, 0.15) is 148 Å². The third-order valence-electron chi connectivity index (χ3n) is 15.9. The van der Waals surface area contributed by atoms with Crippen molar-refractivity contribution < 1.29 is 4.74 Å². The normalized spacial score (nSPS) is 13.7. The largest absolute Gasteiger partial charge is 0.457 e. The molecule has 0 amide bonds. The molecule has 1 aliphatic rings. The van der Waals surface area contributed by atoms with E-state index in [0.717, 1.165) is 45.0 Å². The van der Waals surface area contributed by atoms with Gasteiger partial charge in [-0.15, -0.1) is 0 Å². The topological polar surface area (TPSA) is 33.5 Å². The van der Waals surface area contributed by atoms with Gasteiger partial charge in [-0.3, -0.25) is 4.57 Å². The third-order valence-corrected chi connectivity index (χ3v) is 15.9. The Morgan fingerprint density at radius 3 is 1.64 bits per heavy atom. The molecule has 382 valence electrons. The first-order chi connectivity index (χ1) is 35.6. The number of aromatic nitrogens is 2. The van der Waals surface area contributed by atoms with E-state index in [1.165, 1.54) is 61.3 Å². The molecule has 0 spiro atoms. The summed E-state index contributed by atoms with van der Waals surface area (Å²) in [5.41, 5.74) is 16.4. The summed E-state index contributed by atoms with van der Waals surface area (Å²) in [5, 5.41) is 2.34. The van der Waals surface area contributed by atoms with Gasteiger partial charge in [0.05, 0.1) is 17.7 Å². The summed E-state index contributed by atoms with van der Waals surface area (Å²) in [6, 6.07) is 62.6. The predicted octanol–water partition coefficient (Wildman–Crippen LogP) is 19.0. The lowest BCUT2D eigenvalue weighted by Crippen LogP contribution is -2.32. The minimum Gasteiger partial charge on any atom is -0.457 e. The van der Waals surface area contributed by atoms with Gasteiger partial charge < -0.3 is 14.5 Å². The molecule has 7 aromatic carbocycles. The number of anilines is 2. The quantitative estimate of drug-likeness (QED) is 0.122. The van der Waals surface area contributed by atoms with Crippen LogP contribution in [0.15, 0.2) is 188 Å². The van der Waals surface area contributed by atoms with Crippen molar-refractivity contribution in [3.05, 3.63) is 227 Å². The van der Waals surface area contributed by atoms with Crippen molar-refractivity contribution in [1.29, 1.82) is 0 Å². The van der Waals surface area contributed by atoms with Crippen LogP contribution in [0.4, 0.5) is 11.4 Å². The zero-order chi connectivity index (χ0) is 53.2. The van der Waals surface area contributed by atoms with E-state index in [2.05, 4.69) is 287 Å². The summed E-state index contributed by atoms with van der Waals surface area (Å²) in [4.78, 5) is 9.97. The van der Waals surface area contributed by atoms with E-state index in [1.54, 1.807) is 0 Å². The van der Waals surface area contributed by atoms with Crippen LogP contribution in [-0.4, -0.2) is 16.2 Å². The van der Waals surface area contributed by atoms with Gasteiger partial charge in [0.1, 0.15) is 17.3 Å². The van der Waals surface area contributed by atoms with E-state index < -0.39 is 0 Å². The minimum absolute atomic E-state index is 0.0299. The van der Waals surface area contributed by atoms with Crippen molar-refractivity contribution in [2.45, 2.75) is 125 Å². The fourth-order valence-corrected chi connectivity index (χ4v) is 11.2. The lowest BCUT2D eigenvalue weighted by molar-refractivity contribution is 0.483. The fourth-order valence-electron chi connectivity index (χ4n) is 11.2. The molecule has 0 saturated carbocycles. The molecule has 0 bridgehead atoms. The smallest absolute Gasteiger partial charge is 0.137 e. The third kappa shape index (κ3) is 9.79. The molecular weight excluding hydrogens is 913 g/mol. The first-order valence-corrected chi connectivity index (χ1v) is 27.1. The minimum atomic E-state index is -0.257. The van der Waals surface area contributed by atoms with Gasteiger partial charge in [0.2, 0.25) is 0 Å². The first-order valence-electron chi connectivity index (χ1n) is 27.1. The molecule has 5 nitrogen and oxygen atoms in total. The highest BCUT2D eigenvalue weighted by atomic mass is 16.5. The Bertz CT molecular complexity index is 3480. The SMILES string of the molecule is CC(C)c1cccc(C(C)C)c1-c1cc(Oc2ccc3c4ccccc4n(-c4cc(C(C)(C)C)ccn4)c3c2)cc(N2C=C(C(C)(C)C)N(c3cc(C(C)(C)c4ccccc4)cc(C(C)(C)c4ccccc4)c3)C2)c1. The van der Waals surface area contributed by atoms with Gasteiger partial charge in [0, 0.05) is 68.6 Å². The van der Waals surface area contributed by atoms with Crippen LogP contribution in [0.2, 0.25) is 0 Å². The summed E-state index contributed by atoms with van der Waals surface area (Å²) in [5.74, 6) is 3.08. The summed E-state index contributed by atoms with van der Waals surface area (Å²) < 4.78 is 9.51. The average molecular weight is 989 g/mol. The van der Waals surface area contributed by atoms with E-state index in [1.807, 2.05) is 6.20 Å². The number of pyridine rings is 1. The van der Waals surface area contributed by atoms with E-state index in [9.17, 15) is 0 Å². The second kappa shape index (κ2) is 19.4. The maximum absolute atomic E-state index is 7.22. The lowest BCUT2D eigenvalue weighted by Gasteiger charge is -2.35. The van der Waals surface area contributed by atoms with Gasteiger partial charge in [-0.25, -0.2) is 4.98 Å². The van der Waals surface area contributed by atoms with Crippen molar-refractivity contribution in [2.24, 2.45) is 5.41 Å². The summed E-state index contributed by atoms with van der Waals surface area (Å²) in [7, 11) is 0. The molecule has 75 heavy (non-hydrogen) atoms. The molecule has 0 unspecified atom stereocenters. The number of allylic oxidation sites excluding steroid dienone is 1. The highest BCUT2D eigenvalue weighted by molar-refractivity contribution is 6.09. The molecule has 5 heteroatoms. The van der Waals surface area contributed by atoms with Crippen LogP contribution in [-0.2, 0) is 16.2 Å². The number of rotatable bonds is 12. The Labute approximate surface area is 447 Å². The number of para-hydroxylation sites is 1. The molecule has 0 aliphatic carbocycles. The van der Waals surface area contributed by atoms with Gasteiger partial charge in [-0.2, -0.15) is 0 Å². The average Bonchev–Trinajstić information content (AvgIpc) is 4.01. The maximum atomic E-state index is 7.22. The van der Waals surface area contributed by atoms with Gasteiger partial charge in [0.15, 0.2) is 0 Å². The number of benzene rings is 7. The van der Waals surface area contributed by atoms with Crippen LogP contribution in [0, 0.1) is 5.41 Å². The number of nitrogens with zero attached hydrogens (tertiary/aromatic N) is 4. The van der Waals surface area contributed by atoms with Crippen LogP contribution >= 0.6 is 0 Å². The molecule has 0 fully saturated rings. The van der Waals surface area contributed by atoms with E-state index in [4.69, 9.17) is 9.72 Å².